The quantitative estimate of drug-likeness (QED) is 0.534. The van der Waals surface area contributed by atoms with Crippen molar-refractivity contribution >= 4 is 6.03 Å². The largest absolute Gasteiger partial charge is 0.491 e. The number of carbonyl (C=O) groups excluding carboxylic acids is 1. The molecule has 23 heavy (non-hydrogen) atoms. The van der Waals surface area contributed by atoms with Crippen LogP contribution in [0.15, 0.2) is 36.4 Å². The van der Waals surface area contributed by atoms with Crippen molar-refractivity contribution in [3.8, 4) is 5.75 Å². The molecule has 126 valence electrons. The van der Waals surface area contributed by atoms with Crippen LogP contribution in [0.25, 0.3) is 0 Å². The Morgan fingerprint density at radius 3 is 2.83 bits per heavy atom. The number of benzene rings is 1. The van der Waals surface area contributed by atoms with E-state index in [1.165, 1.54) is 5.56 Å². The number of aliphatic hydroxyl groups is 1. The Morgan fingerprint density at radius 1 is 1.35 bits per heavy atom. The second-order valence-corrected chi connectivity index (χ2v) is 6.11. The average molecular weight is 318 g/mol. The summed E-state index contributed by atoms with van der Waals surface area (Å²) in [5.41, 5.74) is 1.17. The fourth-order valence-corrected chi connectivity index (χ4v) is 2.65. The van der Waals surface area contributed by atoms with Crippen LogP contribution in [-0.4, -0.2) is 36.9 Å². The third-order valence-electron chi connectivity index (χ3n) is 3.91. The summed E-state index contributed by atoms with van der Waals surface area (Å²) in [7, 11) is 0. The summed E-state index contributed by atoms with van der Waals surface area (Å²) in [6, 6.07) is 7.75. The summed E-state index contributed by atoms with van der Waals surface area (Å²) in [4.78, 5) is 11.8. The van der Waals surface area contributed by atoms with Crippen molar-refractivity contribution in [1.29, 1.82) is 0 Å². The Bertz CT molecular complexity index is 543. The molecule has 1 aliphatic carbocycles. The van der Waals surface area contributed by atoms with Gasteiger partial charge in [0.05, 0.1) is 6.54 Å². The van der Waals surface area contributed by atoms with Gasteiger partial charge in [-0.05, 0) is 24.0 Å². The molecular formula is C18H26N2O3. The molecule has 0 aromatic heterocycles. The summed E-state index contributed by atoms with van der Waals surface area (Å²) in [6.45, 7) is 5.25. The molecule has 1 aromatic carbocycles. The summed E-state index contributed by atoms with van der Waals surface area (Å²) < 4.78 is 5.76. The molecule has 2 amide bonds. The van der Waals surface area contributed by atoms with Gasteiger partial charge in [0.25, 0.3) is 0 Å². The summed E-state index contributed by atoms with van der Waals surface area (Å²) in [5.74, 6) is 1.42. The number of carbonyl (C=O) groups is 1. The van der Waals surface area contributed by atoms with Gasteiger partial charge in [0.2, 0.25) is 0 Å². The first-order valence-corrected chi connectivity index (χ1v) is 8.15. The van der Waals surface area contributed by atoms with Gasteiger partial charge in [0.15, 0.2) is 0 Å². The number of hydrogen-bond acceptors (Lipinski definition) is 3. The third-order valence-corrected chi connectivity index (χ3v) is 3.91. The lowest BCUT2D eigenvalue weighted by atomic mass is 10.0. The molecule has 0 saturated heterocycles. The highest BCUT2D eigenvalue weighted by atomic mass is 16.5. The van der Waals surface area contributed by atoms with Crippen molar-refractivity contribution in [2.24, 2.45) is 5.92 Å². The van der Waals surface area contributed by atoms with E-state index in [4.69, 9.17) is 9.84 Å². The number of para-hydroxylation sites is 1. The van der Waals surface area contributed by atoms with Crippen molar-refractivity contribution in [2.45, 2.75) is 32.2 Å². The van der Waals surface area contributed by atoms with Gasteiger partial charge in [0, 0.05) is 18.6 Å². The Morgan fingerprint density at radius 2 is 2.13 bits per heavy atom. The average Bonchev–Trinajstić information content (AvgIpc) is 2.99. The Kier molecular flexibility index (Phi) is 6.47. The standard InChI is InChI=1S/C18H26N2O3/c1-13(2)16-5-3-4-6-17(16)23-10-9-19-18(22)20-15-8-7-14(11-15)12-21/h3-8,13-15,21H,9-12H2,1-2H3,(H2,19,20,22)/t14-,15+/m0/s1. The summed E-state index contributed by atoms with van der Waals surface area (Å²) >= 11 is 0. The van der Waals surface area contributed by atoms with E-state index in [0.29, 0.717) is 19.1 Å². The number of ether oxygens (including phenoxy) is 1. The molecule has 0 fully saturated rings. The monoisotopic (exact) mass is 318 g/mol. The van der Waals surface area contributed by atoms with Crippen molar-refractivity contribution < 1.29 is 14.6 Å². The van der Waals surface area contributed by atoms with Gasteiger partial charge in [-0.1, -0.05) is 44.2 Å². The number of rotatable bonds is 7. The minimum Gasteiger partial charge on any atom is -0.491 e. The van der Waals surface area contributed by atoms with Gasteiger partial charge in [0.1, 0.15) is 12.4 Å². The van der Waals surface area contributed by atoms with Crippen LogP contribution in [0.2, 0.25) is 0 Å². The zero-order chi connectivity index (χ0) is 16.7. The van der Waals surface area contributed by atoms with Crippen molar-refractivity contribution in [1.82, 2.24) is 10.6 Å². The van der Waals surface area contributed by atoms with Gasteiger partial charge >= 0.3 is 6.03 Å². The van der Waals surface area contributed by atoms with Crippen LogP contribution in [0, 0.1) is 5.92 Å². The highest BCUT2D eigenvalue weighted by Gasteiger charge is 2.19. The summed E-state index contributed by atoms with van der Waals surface area (Å²) in [6.07, 6.45) is 4.62. The fourth-order valence-electron chi connectivity index (χ4n) is 2.65. The van der Waals surface area contributed by atoms with E-state index in [0.717, 1.165) is 12.2 Å². The predicted octanol–water partition coefficient (Wildman–Crippen LogP) is 2.42. The lowest BCUT2D eigenvalue weighted by Crippen LogP contribution is -2.42. The Hall–Kier alpha value is -2.01. The second kappa shape index (κ2) is 8.58. The third kappa shape index (κ3) is 5.28. The zero-order valence-corrected chi connectivity index (χ0v) is 13.8. The molecule has 0 unspecified atom stereocenters. The molecule has 0 bridgehead atoms. The number of hydrogen-bond donors (Lipinski definition) is 3. The van der Waals surface area contributed by atoms with Crippen molar-refractivity contribution in [2.75, 3.05) is 19.8 Å². The van der Waals surface area contributed by atoms with Crippen LogP contribution in [0.4, 0.5) is 4.79 Å². The number of nitrogens with one attached hydrogen (secondary N) is 2. The maximum atomic E-state index is 11.8. The Labute approximate surface area is 137 Å². The van der Waals surface area contributed by atoms with Crippen LogP contribution in [-0.2, 0) is 0 Å². The lowest BCUT2D eigenvalue weighted by molar-refractivity contribution is 0.228. The fraction of sp³-hybridized carbons (Fsp3) is 0.500. The van der Waals surface area contributed by atoms with E-state index in [1.54, 1.807) is 0 Å². The first-order chi connectivity index (χ1) is 11.1. The van der Waals surface area contributed by atoms with Crippen molar-refractivity contribution in [3.63, 3.8) is 0 Å². The second-order valence-electron chi connectivity index (χ2n) is 6.11. The molecule has 5 heteroatoms. The van der Waals surface area contributed by atoms with Crippen LogP contribution >= 0.6 is 0 Å². The molecule has 1 aromatic rings. The molecule has 2 atom stereocenters. The maximum Gasteiger partial charge on any atom is 0.315 e. The summed E-state index contributed by atoms with van der Waals surface area (Å²) in [5, 5.41) is 14.7. The first kappa shape index (κ1) is 17.3. The smallest absolute Gasteiger partial charge is 0.315 e. The minimum atomic E-state index is -0.209. The van der Waals surface area contributed by atoms with Gasteiger partial charge in [-0.15, -0.1) is 0 Å². The molecule has 5 nitrogen and oxygen atoms in total. The molecular weight excluding hydrogens is 292 g/mol. The topological polar surface area (TPSA) is 70.6 Å². The maximum absolute atomic E-state index is 11.8. The van der Waals surface area contributed by atoms with Crippen LogP contribution in [0.1, 0.15) is 31.7 Å². The van der Waals surface area contributed by atoms with E-state index in [9.17, 15) is 4.79 Å². The number of urea groups is 1. The van der Waals surface area contributed by atoms with E-state index in [2.05, 4.69) is 30.5 Å². The van der Waals surface area contributed by atoms with Crippen molar-refractivity contribution in [3.05, 3.63) is 42.0 Å². The molecule has 1 aliphatic rings. The molecule has 0 aliphatic heterocycles. The molecule has 0 spiro atoms. The van der Waals surface area contributed by atoms with Crippen LogP contribution in [0.5, 0.6) is 5.75 Å². The molecule has 2 rings (SSSR count). The molecule has 0 heterocycles. The van der Waals surface area contributed by atoms with E-state index in [1.807, 2.05) is 30.4 Å². The van der Waals surface area contributed by atoms with Gasteiger partial charge in [-0.2, -0.15) is 0 Å². The highest BCUT2D eigenvalue weighted by Crippen LogP contribution is 2.25. The van der Waals surface area contributed by atoms with Crippen LogP contribution < -0.4 is 15.4 Å². The molecule has 0 radical (unpaired) electrons. The lowest BCUT2D eigenvalue weighted by Gasteiger charge is -2.15. The number of aliphatic hydroxyl groups excluding tert-OH is 1. The van der Waals surface area contributed by atoms with E-state index < -0.39 is 0 Å². The predicted molar refractivity (Wildman–Crippen MR) is 90.7 cm³/mol. The highest BCUT2D eigenvalue weighted by molar-refractivity contribution is 5.74. The molecule has 3 N–H and O–H groups in total. The normalized spacial score (nSPS) is 19.8. The van der Waals surface area contributed by atoms with Gasteiger partial charge < -0.3 is 20.5 Å². The minimum absolute atomic E-state index is 0.00487. The van der Waals surface area contributed by atoms with Crippen LogP contribution in [0.3, 0.4) is 0 Å². The first-order valence-electron chi connectivity index (χ1n) is 8.15. The zero-order valence-electron chi connectivity index (χ0n) is 13.8. The van der Waals surface area contributed by atoms with Gasteiger partial charge in [-0.3, -0.25) is 0 Å². The van der Waals surface area contributed by atoms with E-state index in [-0.39, 0.29) is 24.6 Å². The van der Waals surface area contributed by atoms with E-state index >= 15 is 0 Å². The SMILES string of the molecule is CC(C)c1ccccc1OCCNC(=O)N[C@@H]1C=C[C@H](CO)C1. The van der Waals surface area contributed by atoms with Gasteiger partial charge in [-0.25, -0.2) is 4.79 Å². The Balaban J connectivity index is 1.68. The number of amides is 2. The molecule has 0 saturated carbocycles.